The lowest BCUT2D eigenvalue weighted by Crippen LogP contribution is -2.51. The SMILES string of the molecule is CCc1ccc2c(CC(=O)N3CCN(C(=O)C(C)C)CC3)coc2c1. The Kier molecular flexibility index (Phi) is 5.11. The lowest BCUT2D eigenvalue weighted by molar-refractivity contribution is -0.141. The average Bonchev–Trinajstić information content (AvgIpc) is 3.03. The number of hydrogen-bond acceptors (Lipinski definition) is 3. The highest BCUT2D eigenvalue weighted by molar-refractivity contribution is 5.88. The Hall–Kier alpha value is -2.30. The van der Waals surface area contributed by atoms with Gasteiger partial charge in [-0.2, -0.15) is 0 Å². The predicted octanol–water partition coefficient (Wildman–Crippen LogP) is 2.86. The maximum absolute atomic E-state index is 12.6. The van der Waals surface area contributed by atoms with Gasteiger partial charge in [-0.3, -0.25) is 9.59 Å². The van der Waals surface area contributed by atoms with E-state index in [9.17, 15) is 9.59 Å². The van der Waals surface area contributed by atoms with E-state index in [0.29, 0.717) is 32.6 Å². The zero-order chi connectivity index (χ0) is 18.0. The lowest BCUT2D eigenvalue weighted by Gasteiger charge is -2.35. The van der Waals surface area contributed by atoms with Gasteiger partial charge in [0.15, 0.2) is 0 Å². The van der Waals surface area contributed by atoms with E-state index >= 15 is 0 Å². The van der Waals surface area contributed by atoms with Gasteiger partial charge in [0.2, 0.25) is 11.8 Å². The molecule has 0 atom stereocenters. The Morgan fingerprint density at radius 1 is 1.12 bits per heavy atom. The van der Waals surface area contributed by atoms with Crippen LogP contribution in [0.1, 0.15) is 31.9 Å². The second-order valence-corrected chi connectivity index (χ2v) is 6.98. The Morgan fingerprint density at radius 2 is 1.80 bits per heavy atom. The molecule has 0 saturated carbocycles. The van der Waals surface area contributed by atoms with Crippen molar-refractivity contribution in [3.63, 3.8) is 0 Å². The van der Waals surface area contributed by atoms with Gasteiger partial charge in [0, 0.05) is 43.0 Å². The second kappa shape index (κ2) is 7.30. The highest BCUT2D eigenvalue weighted by atomic mass is 16.3. The fourth-order valence-electron chi connectivity index (χ4n) is 3.30. The van der Waals surface area contributed by atoms with Crippen LogP contribution in [0.4, 0.5) is 0 Å². The van der Waals surface area contributed by atoms with Crippen LogP contribution in [0.2, 0.25) is 0 Å². The van der Waals surface area contributed by atoms with Crippen molar-refractivity contribution >= 4 is 22.8 Å². The van der Waals surface area contributed by atoms with Crippen molar-refractivity contribution in [1.82, 2.24) is 9.80 Å². The van der Waals surface area contributed by atoms with E-state index in [1.165, 1.54) is 5.56 Å². The van der Waals surface area contributed by atoms with Gasteiger partial charge >= 0.3 is 0 Å². The van der Waals surface area contributed by atoms with E-state index in [2.05, 4.69) is 13.0 Å². The van der Waals surface area contributed by atoms with Crippen molar-refractivity contribution in [3.8, 4) is 0 Å². The van der Waals surface area contributed by atoms with Gasteiger partial charge < -0.3 is 14.2 Å². The van der Waals surface area contributed by atoms with Crippen LogP contribution in [0.5, 0.6) is 0 Å². The topological polar surface area (TPSA) is 53.8 Å². The standard InChI is InChI=1S/C20H26N2O3/c1-4-15-5-6-17-16(13-25-18(17)11-15)12-19(23)21-7-9-22(10-8-21)20(24)14(2)3/h5-6,11,13-14H,4,7-10,12H2,1-3H3. The third-order valence-corrected chi connectivity index (χ3v) is 4.91. The molecular formula is C20H26N2O3. The van der Waals surface area contributed by atoms with Crippen molar-refractivity contribution in [2.24, 2.45) is 5.92 Å². The molecule has 1 fully saturated rings. The molecule has 1 aliphatic rings. The number of furan rings is 1. The van der Waals surface area contributed by atoms with Gasteiger partial charge in [-0.15, -0.1) is 0 Å². The van der Waals surface area contributed by atoms with Crippen LogP contribution in [0.15, 0.2) is 28.9 Å². The summed E-state index contributed by atoms with van der Waals surface area (Å²) in [5.41, 5.74) is 3.00. The Balaban J connectivity index is 1.63. The number of carbonyl (C=O) groups excluding carboxylic acids is 2. The van der Waals surface area contributed by atoms with E-state index in [1.807, 2.05) is 35.8 Å². The van der Waals surface area contributed by atoms with Crippen molar-refractivity contribution in [2.45, 2.75) is 33.6 Å². The first-order chi connectivity index (χ1) is 12.0. The maximum Gasteiger partial charge on any atom is 0.227 e. The van der Waals surface area contributed by atoms with Crippen LogP contribution in [0, 0.1) is 5.92 Å². The van der Waals surface area contributed by atoms with Gasteiger partial charge in [-0.05, 0) is 18.1 Å². The minimum Gasteiger partial charge on any atom is -0.464 e. The van der Waals surface area contributed by atoms with E-state index < -0.39 is 0 Å². The smallest absolute Gasteiger partial charge is 0.227 e. The van der Waals surface area contributed by atoms with Crippen LogP contribution in [-0.4, -0.2) is 47.8 Å². The number of carbonyl (C=O) groups is 2. The molecule has 5 nitrogen and oxygen atoms in total. The predicted molar refractivity (Wildman–Crippen MR) is 97.3 cm³/mol. The molecule has 3 rings (SSSR count). The second-order valence-electron chi connectivity index (χ2n) is 6.98. The molecule has 0 aliphatic carbocycles. The molecule has 5 heteroatoms. The quantitative estimate of drug-likeness (QED) is 0.858. The first-order valence-corrected chi connectivity index (χ1v) is 9.05. The molecule has 2 aromatic rings. The maximum atomic E-state index is 12.6. The van der Waals surface area contributed by atoms with Gasteiger partial charge in [0.25, 0.3) is 0 Å². The third kappa shape index (κ3) is 3.70. The third-order valence-electron chi connectivity index (χ3n) is 4.91. The number of hydrogen-bond donors (Lipinski definition) is 0. The van der Waals surface area contributed by atoms with Crippen LogP contribution in [0.3, 0.4) is 0 Å². The molecule has 0 spiro atoms. The van der Waals surface area contributed by atoms with Crippen molar-refractivity contribution in [3.05, 3.63) is 35.6 Å². The summed E-state index contributed by atoms with van der Waals surface area (Å²) in [6.07, 6.45) is 3.00. The van der Waals surface area contributed by atoms with Crippen molar-refractivity contribution < 1.29 is 14.0 Å². The molecule has 0 radical (unpaired) electrons. The monoisotopic (exact) mass is 342 g/mol. The lowest BCUT2D eigenvalue weighted by atomic mass is 10.1. The van der Waals surface area contributed by atoms with Gasteiger partial charge in [0.05, 0.1) is 12.7 Å². The molecule has 2 heterocycles. The van der Waals surface area contributed by atoms with Gasteiger partial charge in [-0.1, -0.05) is 32.9 Å². The Morgan fingerprint density at radius 3 is 2.44 bits per heavy atom. The van der Waals surface area contributed by atoms with Gasteiger partial charge in [0.1, 0.15) is 5.58 Å². The number of amides is 2. The molecule has 0 N–H and O–H groups in total. The number of aryl methyl sites for hydroxylation is 1. The summed E-state index contributed by atoms with van der Waals surface area (Å²) in [7, 11) is 0. The number of piperazine rings is 1. The van der Waals surface area contributed by atoms with E-state index in [0.717, 1.165) is 23.0 Å². The summed E-state index contributed by atoms with van der Waals surface area (Å²) < 4.78 is 5.63. The van der Waals surface area contributed by atoms with Crippen molar-refractivity contribution in [2.75, 3.05) is 26.2 Å². The summed E-state index contributed by atoms with van der Waals surface area (Å²) in [5.74, 6) is 0.270. The number of nitrogens with zero attached hydrogens (tertiary/aromatic N) is 2. The van der Waals surface area contributed by atoms with E-state index in [1.54, 1.807) is 6.26 Å². The normalized spacial score (nSPS) is 15.2. The van der Waals surface area contributed by atoms with Crippen LogP contribution < -0.4 is 0 Å². The highest BCUT2D eigenvalue weighted by Gasteiger charge is 2.25. The molecule has 1 aliphatic heterocycles. The average molecular weight is 342 g/mol. The molecular weight excluding hydrogens is 316 g/mol. The van der Waals surface area contributed by atoms with E-state index in [-0.39, 0.29) is 17.7 Å². The summed E-state index contributed by atoms with van der Waals surface area (Å²) in [6.45, 7) is 8.38. The highest BCUT2D eigenvalue weighted by Crippen LogP contribution is 2.24. The van der Waals surface area contributed by atoms with Crippen molar-refractivity contribution in [1.29, 1.82) is 0 Å². The summed E-state index contributed by atoms with van der Waals surface area (Å²) in [6, 6.07) is 6.17. The van der Waals surface area contributed by atoms with Crippen LogP contribution >= 0.6 is 0 Å². The van der Waals surface area contributed by atoms with Gasteiger partial charge in [-0.25, -0.2) is 0 Å². The minimum atomic E-state index is 0.00700. The molecule has 0 unspecified atom stereocenters. The first kappa shape index (κ1) is 17.5. The Bertz CT molecular complexity index is 770. The summed E-state index contributed by atoms with van der Waals surface area (Å²) >= 11 is 0. The minimum absolute atomic E-state index is 0.00700. The fourth-order valence-corrected chi connectivity index (χ4v) is 3.30. The number of fused-ring (bicyclic) bond motifs is 1. The molecule has 2 amide bonds. The van der Waals surface area contributed by atoms with Crippen LogP contribution in [-0.2, 0) is 22.4 Å². The van der Waals surface area contributed by atoms with E-state index in [4.69, 9.17) is 4.42 Å². The largest absolute Gasteiger partial charge is 0.464 e. The zero-order valence-electron chi connectivity index (χ0n) is 15.2. The molecule has 1 aromatic heterocycles. The molecule has 134 valence electrons. The first-order valence-electron chi connectivity index (χ1n) is 9.05. The number of rotatable bonds is 4. The number of benzene rings is 1. The summed E-state index contributed by atoms with van der Waals surface area (Å²) in [5, 5.41) is 1.01. The molecule has 1 aromatic carbocycles. The fraction of sp³-hybridized carbons (Fsp3) is 0.500. The molecule has 25 heavy (non-hydrogen) atoms. The Labute approximate surface area is 148 Å². The molecule has 0 bridgehead atoms. The molecule has 1 saturated heterocycles. The van der Waals surface area contributed by atoms with Crippen LogP contribution in [0.25, 0.3) is 11.0 Å². The zero-order valence-corrected chi connectivity index (χ0v) is 15.2. The summed E-state index contributed by atoms with van der Waals surface area (Å²) in [4.78, 5) is 28.4.